The summed E-state index contributed by atoms with van der Waals surface area (Å²) in [4.78, 5) is 10.6. The number of alkyl halides is 2. The second-order valence-electron chi connectivity index (χ2n) is 2.98. The van der Waals surface area contributed by atoms with Gasteiger partial charge in [0.1, 0.15) is 0 Å². The number of nitrogens with zero attached hydrogens (tertiary/aromatic N) is 1. The molecule has 0 aliphatic carbocycles. The van der Waals surface area contributed by atoms with Crippen molar-refractivity contribution in [1.82, 2.24) is 0 Å². The number of rotatable bonds is 3. The number of benzene rings is 1. The fraction of sp³-hybridized carbons (Fsp3) is 0.200. The fourth-order valence-electron chi connectivity index (χ4n) is 1.24. The third-order valence-electron chi connectivity index (χ3n) is 1.96. The fourth-order valence-corrected chi connectivity index (χ4v) is 1.90. The first-order valence-corrected chi connectivity index (χ1v) is 4.98. The molecule has 0 aliphatic rings. The molecule has 0 aromatic heterocycles. The summed E-state index contributed by atoms with van der Waals surface area (Å²) in [6, 6.07) is 4.08. The van der Waals surface area contributed by atoms with Gasteiger partial charge in [0.05, 0.1) is 18.1 Å². The summed E-state index contributed by atoms with van der Waals surface area (Å²) in [6.07, 6.45) is -3.18. The maximum absolute atomic E-state index is 12.5. The van der Waals surface area contributed by atoms with Crippen LogP contribution in [0.1, 0.15) is 23.1 Å². The Morgan fingerprint density at radius 2 is 2.19 bits per heavy atom. The minimum absolute atomic E-state index is 0.0102. The third kappa shape index (κ3) is 2.55. The number of carboxylic acid groups (broad SMARTS) is 1. The normalized spacial score (nSPS) is 10.2. The lowest BCUT2D eigenvalue weighted by Gasteiger charge is -2.09. The smallest absolute Gasteiger partial charge is 0.307 e. The number of nitriles is 1. The van der Waals surface area contributed by atoms with Crippen LogP contribution in [0.15, 0.2) is 16.6 Å². The summed E-state index contributed by atoms with van der Waals surface area (Å²) in [5, 5.41) is 17.4. The van der Waals surface area contributed by atoms with E-state index in [2.05, 4.69) is 15.9 Å². The SMILES string of the molecule is N#Cc1ccc(C(F)F)c(Br)c1CC(=O)O. The Labute approximate surface area is 98.4 Å². The Morgan fingerprint density at radius 3 is 2.62 bits per heavy atom. The Balaban J connectivity index is 3.35. The molecule has 0 aliphatic heterocycles. The van der Waals surface area contributed by atoms with Gasteiger partial charge in [-0.3, -0.25) is 4.79 Å². The highest BCUT2D eigenvalue weighted by Crippen LogP contribution is 2.32. The molecule has 0 saturated carbocycles. The number of halogens is 3. The van der Waals surface area contributed by atoms with Gasteiger partial charge in [0.15, 0.2) is 0 Å². The summed E-state index contributed by atoms with van der Waals surface area (Å²) in [6.45, 7) is 0. The van der Waals surface area contributed by atoms with E-state index in [1.165, 1.54) is 6.07 Å². The minimum Gasteiger partial charge on any atom is -0.481 e. The Hall–Kier alpha value is -1.48. The maximum Gasteiger partial charge on any atom is 0.307 e. The van der Waals surface area contributed by atoms with Crippen molar-refractivity contribution in [2.45, 2.75) is 12.8 Å². The second-order valence-corrected chi connectivity index (χ2v) is 3.77. The highest BCUT2D eigenvalue weighted by molar-refractivity contribution is 9.10. The lowest BCUT2D eigenvalue weighted by atomic mass is 10.0. The molecule has 0 unspecified atom stereocenters. The molecule has 0 bridgehead atoms. The van der Waals surface area contributed by atoms with Crippen molar-refractivity contribution in [2.75, 3.05) is 0 Å². The number of carbonyl (C=O) groups is 1. The molecule has 6 heteroatoms. The molecule has 3 nitrogen and oxygen atoms in total. The van der Waals surface area contributed by atoms with Gasteiger partial charge in [-0.05, 0) is 27.6 Å². The third-order valence-corrected chi connectivity index (χ3v) is 2.89. The summed E-state index contributed by atoms with van der Waals surface area (Å²) in [7, 11) is 0. The van der Waals surface area contributed by atoms with Gasteiger partial charge in [-0.1, -0.05) is 6.07 Å². The molecule has 0 amide bonds. The molecule has 0 spiro atoms. The van der Waals surface area contributed by atoms with Gasteiger partial charge in [0.25, 0.3) is 6.43 Å². The van der Waals surface area contributed by atoms with Gasteiger partial charge < -0.3 is 5.11 Å². The molecule has 1 aromatic rings. The molecule has 1 N–H and O–H groups in total. The Morgan fingerprint density at radius 1 is 1.56 bits per heavy atom. The molecule has 1 rings (SSSR count). The van der Waals surface area contributed by atoms with E-state index < -0.39 is 18.8 Å². The van der Waals surface area contributed by atoms with Gasteiger partial charge in [-0.25, -0.2) is 8.78 Å². The van der Waals surface area contributed by atoms with E-state index in [1.807, 2.05) is 0 Å². The molecule has 0 heterocycles. The average molecular weight is 290 g/mol. The van der Waals surface area contributed by atoms with Crippen LogP contribution in [0.4, 0.5) is 8.78 Å². The number of carboxylic acids is 1. The van der Waals surface area contributed by atoms with E-state index in [0.29, 0.717) is 0 Å². The van der Waals surface area contributed by atoms with Crippen molar-refractivity contribution in [2.24, 2.45) is 0 Å². The molecular formula is C10H6BrF2NO2. The highest BCUT2D eigenvalue weighted by atomic mass is 79.9. The van der Waals surface area contributed by atoms with Gasteiger partial charge in [0, 0.05) is 10.0 Å². The van der Waals surface area contributed by atoms with Gasteiger partial charge in [0.2, 0.25) is 0 Å². The van der Waals surface area contributed by atoms with Crippen LogP contribution in [0.5, 0.6) is 0 Å². The molecular weight excluding hydrogens is 284 g/mol. The lowest BCUT2D eigenvalue weighted by Crippen LogP contribution is -2.05. The van der Waals surface area contributed by atoms with E-state index in [4.69, 9.17) is 10.4 Å². The van der Waals surface area contributed by atoms with Crippen LogP contribution < -0.4 is 0 Å². The van der Waals surface area contributed by atoms with Crippen LogP contribution in [0.25, 0.3) is 0 Å². The molecule has 0 radical (unpaired) electrons. The Bertz CT molecular complexity index is 469. The van der Waals surface area contributed by atoms with E-state index in [9.17, 15) is 13.6 Å². The first kappa shape index (κ1) is 12.6. The standard InChI is InChI=1S/C10H6BrF2NO2/c11-9-6(10(12)13)2-1-5(4-14)7(9)3-8(15)16/h1-2,10H,3H2,(H,15,16). The number of hydrogen-bond donors (Lipinski definition) is 1. The highest BCUT2D eigenvalue weighted by Gasteiger charge is 2.18. The van der Waals surface area contributed by atoms with Gasteiger partial charge >= 0.3 is 5.97 Å². The summed E-state index contributed by atoms with van der Waals surface area (Å²) >= 11 is 2.91. The minimum atomic E-state index is -2.71. The van der Waals surface area contributed by atoms with E-state index >= 15 is 0 Å². The zero-order valence-electron chi connectivity index (χ0n) is 7.88. The maximum atomic E-state index is 12.5. The van der Waals surface area contributed by atoms with Crippen molar-refractivity contribution in [1.29, 1.82) is 5.26 Å². The largest absolute Gasteiger partial charge is 0.481 e. The van der Waals surface area contributed by atoms with Crippen LogP contribution in [0.3, 0.4) is 0 Å². The predicted molar refractivity (Wildman–Crippen MR) is 55.2 cm³/mol. The Kier molecular flexibility index (Phi) is 3.96. The first-order valence-electron chi connectivity index (χ1n) is 4.18. The van der Waals surface area contributed by atoms with E-state index in [1.54, 1.807) is 6.07 Å². The summed E-state index contributed by atoms with van der Waals surface area (Å²) < 4.78 is 25.0. The van der Waals surface area contributed by atoms with E-state index in [-0.39, 0.29) is 21.2 Å². The van der Waals surface area contributed by atoms with Crippen LogP contribution in [-0.2, 0) is 11.2 Å². The van der Waals surface area contributed by atoms with E-state index in [0.717, 1.165) is 6.07 Å². The first-order chi connectivity index (χ1) is 7.47. The van der Waals surface area contributed by atoms with Gasteiger partial charge in [-0.15, -0.1) is 0 Å². The van der Waals surface area contributed by atoms with Crippen LogP contribution in [-0.4, -0.2) is 11.1 Å². The molecule has 84 valence electrons. The van der Waals surface area contributed by atoms with Crippen LogP contribution in [0, 0.1) is 11.3 Å². The van der Waals surface area contributed by atoms with Crippen molar-refractivity contribution < 1.29 is 18.7 Å². The van der Waals surface area contributed by atoms with Crippen molar-refractivity contribution in [3.8, 4) is 6.07 Å². The van der Waals surface area contributed by atoms with Crippen molar-refractivity contribution in [3.63, 3.8) is 0 Å². The predicted octanol–water partition coefficient (Wildman–Crippen LogP) is 2.89. The zero-order valence-corrected chi connectivity index (χ0v) is 9.46. The van der Waals surface area contributed by atoms with Crippen molar-refractivity contribution in [3.05, 3.63) is 33.3 Å². The van der Waals surface area contributed by atoms with Crippen LogP contribution >= 0.6 is 15.9 Å². The number of hydrogen-bond acceptors (Lipinski definition) is 2. The molecule has 0 saturated heterocycles. The van der Waals surface area contributed by atoms with Crippen molar-refractivity contribution >= 4 is 21.9 Å². The average Bonchev–Trinajstić information content (AvgIpc) is 2.19. The monoisotopic (exact) mass is 289 g/mol. The molecule has 16 heavy (non-hydrogen) atoms. The quantitative estimate of drug-likeness (QED) is 0.931. The topological polar surface area (TPSA) is 61.1 Å². The van der Waals surface area contributed by atoms with Gasteiger partial charge in [-0.2, -0.15) is 5.26 Å². The lowest BCUT2D eigenvalue weighted by molar-refractivity contribution is -0.136. The molecule has 0 atom stereocenters. The summed E-state index contributed by atoms with van der Waals surface area (Å²) in [5.41, 5.74) is -0.151. The summed E-state index contributed by atoms with van der Waals surface area (Å²) in [5.74, 6) is -1.18. The zero-order chi connectivity index (χ0) is 12.3. The molecule has 1 aromatic carbocycles. The van der Waals surface area contributed by atoms with Crippen LogP contribution in [0.2, 0.25) is 0 Å². The second kappa shape index (κ2) is 5.03. The number of aliphatic carboxylic acids is 1. The molecule has 0 fully saturated rings.